The molecule has 1 aliphatic heterocycles. The topological polar surface area (TPSA) is 63.9 Å². The summed E-state index contributed by atoms with van der Waals surface area (Å²) in [6, 6.07) is 4.91. The summed E-state index contributed by atoms with van der Waals surface area (Å²) in [6.45, 7) is 5.22. The first kappa shape index (κ1) is 22.4. The number of rotatable bonds is 5. The molecule has 0 spiro atoms. The van der Waals surface area contributed by atoms with Gasteiger partial charge in [-0.15, -0.1) is 24.0 Å². The number of benzene rings is 1. The molecule has 1 atom stereocenters. The van der Waals surface area contributed by atoms with Crippen molar-refractivity contribution in [2.75, 3.05) is 33.4 Å². The zero-order valence-electron chi connectivity index (χ0n) is 16.4. The van der Waals surface area contributed by atoms with Crippen molar-refractivity contribution >= 4 is 29.9 Å². The summed E-state index contributed by atoms with van der Waals surface area (Å²) >= 11 is 0. The van der Waals surface area contributed by atoms with Gasteiger partial charge in [0.25, 0.3) is 0 Å². The zero-order valence-corrected chi connectivity index (χ0v) is 18.7. The van der Waals surface area contributed by atoms with E-state index in [2.05, 4.69) is 20.3 Å². The van der Waals surface area contributed by atoms with Crippen molar-refractivity contribution in [1.29, 1.82) is 0 Å². The lowest BCUT2D eigenvalue weighted by atomic mass is 10.1. The number of nitrogens with one attached hydrogen (secondary N) is 1. The molecule has 0 radical (unpaired) electrons. The Morgan fingerprint density at radius 2 is 2.29 bits per heavy atom. The lowest BCUT2D eigenvalue weighted by Crippen LogP contribution is -2.48. The van der Waals surface area contributed by atoms with Gasteiger partial charge < -0.3 is 19.7 Å². The van der Waals surface area contributed by atoms with Gasteiger partial charge in [0.2, 0.25) is 0 Å². The maximum atomic E-state index is 13.9. The number of ether oxygens (including phenoxy) is 2. The van der Waals surface area contributed by atoms with Crippen molar-refractivity contribution in [3.05, 3.63) is 47.5 Å². The van der Waals surface area contributed by atoms with Gasteiger partial charge in [0.1, 0.15) is 6.10 Å². The molecule has 0 bridgehead atoms. The molecule has 3 rings (SSSR count). The molecule has 2 heterocycles. The van der Waals surface area contributed by atoms with Gasteiger partial charge >= 0.3 is 0 Å². The minimum atomic E-state index is -0.377. The average Bonchev–Trinajstić information content (AvgIpc) is 3.12. The predicted molar refractivity (Wildman–Crippen MR) is 117 cm³/mol. The van der Waals surface area contributed by atoms with Gasteiger partial charge in [-0.3, -0.25) is 4.68 Å². The highest BCUT2D eigenvalue weighted by Crippen LogP contribution is 2.22. The van der Waals surface area contributed by atoms with Crippen LogP contribution < -0.4 is 10.1 Å². The summed E-state index contributed by atoms with van der Waals surface area (Å²) in [5.41, 5.74) is 1.84. The molecule has 1 N–H and O–H groups in total. The number of morpholine rings is 1. The SMILES string of the molecule is CCNC(=NCc1ccc(OC)c(F)c1)N1CCOC(c2cnn(C)c2)C1.I. The number of halogens is 2. The van der Waals surface area contributed by atoms with E-state index in [1.54, 1.807) is 10.7 Å². The predicted octanol–water partition coefficient (Wildman–Crippen LogP) is 2.72. The Morgan fingerprint density at radius 3 is 2.93 bits per heavy atom. The van der Waals surface area contributed by atoms with Crippen LogP contribution in [0.4, 0.5) is 4.39 Å². The number of hydrogen-bond donors (Lipinski definition) is 1. The van der Waals surface area contributed by atoms with Crippen LogP contribution in [-0.4, -0.2) is 54.0 Å². The van der Waals surface area contributed by atoms with Crippen LogP contribution in [0.3, 0.4) is 0 Å². The van der Waals surface area contributed by atoms with Crippen LogP contribution in [0, 0.1) is 5.82 Å². The van der Waals surface area contributed by atoms with Crippen molar-refractivity contribution in [3.8, 4) is 5.75 Å². The molecule has 1 aromatic heterocycles. The van der Waals surface area contributed by atoms with Gasteiger partial charge in [-0.2, -0.15) is 5.10 Å². The molecule has 1 aromatic carbocycles. The molecule has 1 fully saturated rings. The zero-order chi connectivity index (χ0) is 19.2. The minimum absolute atomic E-state index is 0. The number of methoxy groups -OCH3 is 1. The average molecular weight is 503 g/mol. The van der Waals surface area contributed by atoms with Crippen LogP contribution in [-0.2, 0) is 18.3 Å². The molecule has 1 aliphatic rings. The van der Waals surface area contributed by atoms with E-state index in [-0.39, 0.29) is 41.6 Å². The van der Waals surface area contributed by atoms with Crippen molar-refractivity contribution < 1.29 is 13.9 Å². The first-order valence-corrected chi connectivity index (χ1v) is 9.06. The van der Waals surface area contributed by atoms with E-state index in [0.29, 0.717) is 19.7 Å². The second kappa shape index (κ2) is 10.6. The number of guanidine groups is 1. The van der Waals surface area contributed by atoms with Gasteiger partial charge in [0.15, 0.2) is 17.5 Å². The van der Waals surface area contributed by atoms with Crippen LogP contribution in [0.5, 0.6) is 5.75 Å². The van der Waals surface area contributed by atoms with Gasteiger partial charge in [-0.25, -0.2) is 9.38 Å². The third-order valence-electron chi connectivity index (χ3n) is 4.43. The molecular formula is C19H27FIN5O2. The number of aryl methyl sites for hydroxylation is 1. The lowest BCUT2D eigenvalue weighted by Gasteiger charge is -2.34. The van der Waals surface area contributed by atoms with Crippen LogP contribution in [0.1, 0.15) is 24.2 Å². The molecule has 154 valence electrons. The van der Waals surface area contributed by atoms with Crippen molar-refractivity contribution in [2.45, 2.75) is 19.6 Å². The molecular weight excluding hydrogens is 476 g/mol. The van der Waals surface area contributed by atoms with Crippen LogP contribution in [0.2, 0.25) is 0 Å². The highest BCUT2D eigenvalue weighted by atomic mass is 127. The van der Waals surface area contributed by atoms with Crippen molar-refractivity contribution in [2.24, 2.45) is 12.0 Å². The first-order valence-electron chi connectivity index (χ1n) is 9.06. The molecule has 1 unspecified atom stereocenters. The maximum Gasteiger partial charge on any atom is 0.194 e. The highest BCUT2D eigenvalue weighted by Gasteiger charge is 2.25. The largest absolute Gasteiger partial charge is 0.494 e. The molecule has 0 saturated carbocycles. The van der Waals surface area contributed by atoms with E-state index < -0.39 is 0 Å². The summed E-state index contributed by atoms with van der Waals surface area (Å²) in [6.07, 6.45) is 3.76. The fraction of sp³-hybridized carbons (Fsp3) is 0.474. The minimum Gasteiger partial charge on any atom is -0.494 e. The Kier molecular flexibility index (Phi) is 8.49. The van der Waals surface area contributed by atoms with Gasteiger partial charge in [-0.1, -0.05) is 6.07 Å². The number of aromatic nitrogens is 2. The molecule has 1 saturated heterocycles. The van der Waals surface area contributed by atoms with Crippen molar-refractivity contribution in [1.82, 2.24) is 20.0 Å². The monoisotopic (exact) mass is 503 g/mol. The normalized spacial score (nSPS) is 17.2. The Balaban J connectivity index is 0.00000280. The summed E-state index contributed by atoms with van der Waals surface area (Å²) < 4.78 is 26.5. The molecule has 28 heavy (non-hydrogen) atoms. The molecule has 7 nitrogen and oxygen atoms in total. The summed E-state index contributed by atoms with van der Waals surface area (Å²) in [5, 5.41) is 7.54. The smallest absolute Gasteiger partial charge is 0.194 e. The van der Waals surface area contributed by atoms with Crippen LogP contribution in [0.25, 0.3) is 0 Å². The van der Waals surface area contributed by atoms with E-state index in [1.165, 1.54) is 13.2 Å². The van der Waals surface area contributed by atoms with E-state index in [1.807, 2.05) is 32.4 Å². The number of nitrogens with zero attached hydrogens (tertiary/aromatic N) is 4. The molecule has 0 aliphatic carbocycles. The number of hydrogen-bond acceptors (Lipinski definition) is 4. The highest BCUT2D eigenvalue weighted by molar-refractivity contribution is 14.0. The summed E-state index contributed by atoms with van der Waals surface area (Å²) in [5.74, 6) is 0.659. The quantitative estimate of drug-likeness (QED) is 0.387. The molecule has 2 aromatic rings. The van der Waals surface area contributed by atoms with Gasteiger partial charge in [-0.05, 0) is 24.6 Å². The molecule has 9 heteroatoms. The Morgan fingerprint density at radius 1 is 1.46 bits per heavy atom. The third kappa shape index (κ3) is 5.57. The second-order valence-electron chi connectivity index (χ2n) is 6.39. The second-order valence-corrected chi connectivity index (χ2v) is 6.39. The Labute approximate surface area is 181 Å². The Bertz CT molecular complexity index is 798. The van der Waals surface area contributed by atoms with Crippen LogP contribution in [0.15, 0.2) is 35.6 Å². The fourth-order valence-corrected chi connectivity index (χ4v) is 3.05. The van der Waals surface area contributed by atoms with E-state index in [9.17, 15) is 4.39 Å². The lowest BCUT2D eigenvalue weighted by molar-refractivity contribution is -0.00805. The van der Waals surface area contributed by atoms with E-state index in [0.717, 1.165) is 30.2 Å². The van der Waals surface area contributed by atoms with Crippen molar-refractivity contribution in [3.63, 3.8) is 0 Å². The standard InChI is InChI=1S/C19H26FN5O2.HI/c1-4-21-19(22-10-14-5-6-17(26-3)16(20)9-14)25-7-8-27-18(13-25)15-11-23-24(2)12-15;/h5-6,9,11-12,18H,4,7-8,10,13H2,1-3H3,(H,21,22);1H. The maximum absolute atomic E-state index is 13.9. The van der Waals surface area contributed by atoms with Gasteiger partial charge in [0.05, 0.1) is 33.0 Å². The van der Waals surface area contributed by atoms with Gasteiger partial charge in [0, 0.05) is 31.9 Å². The summed E-state index contributed by atoms with van der Waals surface area (Å²) in [4.78, 5) is 6.86. The van der Waals surface area contributed by atoms with E-state index >= 15 is 0 Å². The number of aliphatic imine (C=N–C) groups is 1. The van der Waals surface area contributed by atoms with Crippen LogP contribution >= 0.6 is 24.0 Å². The first-order chi connectivity index (χ1) is 13.1. The molecule has 0 amide bonds. The third-order valence-corrected chi connectivity index (χ3v) is 4.43. The Hall–Kier alpha value is -1.88. The summed E-state index contributed by atoms with van der Waals surface area (Å²) in [7, 11) is 3.35. The van der Waals surface area contributed by atoms with E-state index in [4.69, 9.17) is 9.47 Å². The fourth-order valence-electron chi connectivity index (χ4n) is 3.05.